The molecule has 0 aliphatic carbocycles. The highest BCUT2D eigenvalue weighted by Crippen LogP contribution is 2.15. The zero-order chi connectivity index (χ0) is 12.0. The molecule has 0 saturated heterocycles. The molecule has 100 valence electrons. The molecule has 0 amide bonds. The number of nitrogens with zero attached hydrogens (tertiary/aromatic N) is 1. The first-order valence-corrected chi connectivity index (χ1v) is 7.28. The van der Waals surface area contributed by atoms with Crippen molar-refractivity contribution < 1.29 is 30.3 Å². The van der Waals surface area contributed by atoms with Crippen LogP contribution in [-0.2, 0) is 26.7 Å². The van der Waals surface area contributed by atoms with Gasteiger partial charge in [-0.2, -0.15) is 0 Å². The summed E-state index contributed by atoms with van der Waals surface area (Å²) in [6, 6.07) is 0.829. The van der Waals surface area contributed by atoms with E-state index in [-0.39, 0.29) is 12.4 Å². The van der Waals surface area contributed by atoms with Gasteiger partial charge in [-0.25, -0.2) is 9.55 Å². The molecule has 7 heteroatoms. The summed E-state index contributed by atoms with van der Waals surface area (Å²) in [5, 5.41) is 0. The number of halogens is 1. The van der Waals surface area contributed by atoms with Gasteiger partial charge in [0.1, 0.15) is 12.4 Å². The second-order valence-corrected chi connectivity index (χ2v) is 6.76. The van der Waals surface area contributed by atoms with Gasteiger partial charge in [0.25, 0.3) is 5.82 Å². The summed E-state index contributed by atoms with van der Waals surface area (Å²) < 4.78 is 18.2. The SMILES string of the molecule is CO[Si](CCCc1[nH]cc[n+]1C)(OC)OC.[Cl-]. The lowest BCUT2D eigenvalue weighted by atomic mass is 10.3. The quantitative estimate of drug-likeness (QED) is 0.450. The Balaban J connectivity index is 0.00000256. The minimum Gasteiger partial charge on any atom is -1.00 e. The zero-order valence-electron chi connectivity index (χ0n) is 10.8. The number of imidazole rings is 1. The van der Waals surface area contributed by atoms with Crippen LogP contribution in [-0.4, -0.2) is 35.1 Å². The molecule has 0 aliphatic rings. The summed E-state index contributed by atoms with van der Waals surface area (Å²) in [6.45, 7) is 0. The van der Waals surface area contributed by atoms with Gasteiger partial charge in [-0.3, -0.25) is 0 Å². The van der Waals surface area contributed by atoms with Crippen LogP contribution in [0, 0.1) is 0 Å². The van der Waals surface area contributed by atoms with Crippen molar-refractivity contribution in [2.45, 2.75) is 18.9 Å². The summed E-state index contributed by atoms with van der Waals surface area (Å²) >= 11 is 0. The van der Waals surface area contributed by atoms with E-state index in [4.69, 9.17) is 13.3 Å². The summed E-state index contributed by atoms with van der Waals surface area (Å²) in [6.07, 6.45) is 5.89. The molecule has 0 spiro atoms. The molecule has 0 aromatic carbocycles. The zero-order valence-corrected chi connectivity index (χ0v) is 12.6. The summed E-state index contributed by atoms with van der Waals surface area (Å²) in [5.41, 5.74) is 0. The maximum Gasteiger partial charge on any atom is 0.500 e. The summed E-state index contributed by atoms with van der Waals surface area (Å²) in [5.74, 6) is 1.20. The fourth-order valence-electron chi connectivity index (χ4n) is 1.71. The van der Waals surface area contributed by atoms with Crippen LogP contribution in [0.2, 0.25) is 6.04 Å². The molecular weight excluding hydrogens is 260 g/mol. The third-order valence-electron chi connectivity index (χ3n) is 2.80. The van der Waals surface area contributed by atoms with Gasteiger partial charge in [-0.1, -0.05) is 0 Å². The van der Waals surface area contributed by atoms with Crippen LogP contribution < -0.4 is 17.0 Å². The highest BCUT2D eigenvalue weighted by molar-refractivity contribution is 6.60. The molecule has 0 radical (unpaired) electrons. The Morgan fingerprint density at radius 2 is 1.82 bits per heavy atom. The number of hydrogen-bond acceptors (Lipinski definition) is 3. The maximum absolute atomic E-state index is 5.36. The van der Waals surface area contributed by atoms with Gasteiger partial charge >= 0.3 is 8.80 Å². The molecule has 0 saturated carbocycles. The fraction of sp³-hybridized carbons (Fsp3) is 0.700. The highest BCUT2D eigenvalue weighted by atomic mass is 35.5. The summed E-state index contributed by atoms with van der Waals surface area (Å²) in [7, 11) is 4.58. The van der Waals surface area contributed by atoms with E-state index in [0.29, 0.717) is 0 Å². The van der Waals surface area contributed by atoms with Gasteiger partial charge in [0.2, 0.25) is 0 Å². The van der Waals surface area contributed by atoms with E-state index >= 15 is 0 Å². The first-order valence-electron chi connectivity index (χ1n) is 5.35. The van der Waals surface area contributed by atoms with Gasteiger partial charge < -0.3 is 25.7 Å². The molecule has 0 fully saturated rings. The largest absolute Gasteiger partial charge is 1.00 e. The molecule has 5 nitrogen and oxygen atoms in total. The van der Waals surface area contributed by atoms with E-state index in [1.165, 1.54) is 5.82 Å². The van der Waals surface area contributed by atoms with Crippen LogP contribution in [0.3, 0.4) is 0 Å². The van der Waals surface area contributed by atoms with Gasteiger partial charge in [-0.05, 0) is 6.42 Å². The molecule has 1 N–H and O–H groups in total. The van der Waals surface area contributed by atoms with Crippen LogP contribution in [0.1, 0.15) is 12.2 Å². The third-order valence-corrected chi connectivity index (χ3v) is 5.64. The van der Waals surface area contributed by atoms with Crippen LogP contribution in [0.5, 0.6) is 0 Å². The van der Waals surface area contributed by atoms with Crippen molar-refractivity contribution in [1.29, 1.82) is 0 Å². The predicted molar refractivity (Wildman–Crippen MR) is 61.9 cm³/mol. The van der Waals surface area contributed by atoms with Crippen molar-refractivity contribution in [2.24, 2.45) is 7.05 Å². The van der Waals surface area contributed by atoms with E-state index in [9.17, 15) is 0 Å². The standard InChI is InChI=1S/C10H20N2O3Si.ClH/c1-12-8-7-11-10(12)6-5-9-16(13-2,14-3)15-4;/h7-8H,5-6,9H2,1-4H3;1H. The molecule has 1 heterocycles. The number of H-pyrrole nitrogens is 1. The van der Waals surface area contributed by atoms with Gasteiger partial charge in [0, 0.05) is 33.8 Å². The first kappa shape index (κ1) is 16.6. The maximum atomic E-state index is 5.36. The molecule has 1 aromatic rings. The average molecular weight is 281 g/mol. The summed E-state index contributed by atoms with van der Waals surface area (Å²) in [4.78, 5) is 3.20. The Morgan fingerprint density at radius 3 is 2.24 bits per heavy atom. The predicted octanol–water partition coefficient (Wildman–Crippen LogP) is -2.35. The minimum absolute atomic E-state index is 0. The van der Waals surface area contributed by atoms with Crippen molar-refractivity contribution in [3.8, 4) is 0 Å². The second kappa shape index (κ2) is 7.83. The molecule has 0 unspecified atom stereocenters. The molecule has 0 bridgehead atoms. The number of nitrogens with one attached hydrogen (secondary N) is 1. The van der Waals surface area contributed by atoms with Crippen LogP contribution in [0.15, 0.2) is 12.4 Å². The van der Waals surface area contributed by atoms with Crippen LogP contribution >= 0.6 is 0 Å². The number of aromatic nitrogens is 2. The second-order valence-electron chi connectivity index (χ2n) is 3.67. The number of aryl methyl sites for hydroxylation is 2. The Kier molecular flexibility index (Phi) is 7.65. The van der Waals surface area contributed by atoms with Crippen LogP contribution in [0.25, 0.3) is 0 Å². The minimum atomic E-state index is -2.39. The Hall–Kier alpha value is -0.403. The van der Waals surface area contributed by atoms with Crippen molar-refractivity contribution in [1.82, 2.24) is 4.98 Å². The van der Waals surface area contributed by atoms with Crippen molar-refractivity contribution in [3.63, 3.8) is 0 Å². The van der Waals surface area contributed by atoms with E-state index in [1.807, 2.05) is 19.4 Å². The van der Waals surface area contributed by atoms with Gasteiger partial charge in [0.15, 0.2) is 0 Å². The average Bonchev–Trinajstić information content (AvgIpc) is 2.71. The van der Waals surface area contributed by atoms with Gasteiger partial charge in [0.05, 0.1) is 7.05 Å². The van der Waals surface area contributed by atoms with E-state index in [2.05, 4.69) is 9.55 Å². The lowest BCUT2D eigenvalue weighted by Gasteiger charge is -2.23. The third kappa shape index (κ3) is 4.40. The molecule has 0 aliphatic heterocycles. The molecule has 17 heavy (non-hydrogen) atoms. The molecule has 1 aromatic heterocycles. The lowest BCUT2D eigenvalue weighted by molar-refractivity contribution is -0.677. The smallest absolute Gasteiger partial charge is 0.500 e. The number of aromatic amines is 1. The normalized spacial score (nSPS) is 11.3. The Labute approximate surface area is 110 Å². The van der Waals surface area contributed by atoms with E-state index < -0.39 is 8.80 Å². The monoisotopic (exact) mass is 280 g/mol. The number of rotatable bonds is 7. The fourth-order valence-corrected chi connectivity index (χ4v) is 3.44. The first-order chi connectivity index (χ1) is 7.67. The Morgan fingerprint density at radius 1 is 1.24 bits per heavy atom. The molecule has 0 atom stereocenters. The highest BCUT2D eigenvalue weighted by Gasteiger charge is 2.37. The van der Waals surface area contributed by atoms with E-state index in [0.717, 1.165) is 18.9 Å². The molecular formula is C10H21ClN2O3Si. The topological polar surface area (TPSA) is 47.4 Å². The van der Waals surface area contributed by atoms with Crippen molar-refractivity contribution in [2.75, 3.05) is 21.3 Å². The lowest BCUT2D eigenvalue weighted by Crippen LogP contribution is -3.00. The molecule has 1 rings (SSSR count). The van der Waals surface area contributed by atoms with E-state index in [1.54, 1.807) is 21.3 Å². The van der Waals surface area contributed by atoms with Gasteiger partial charge in [-0.15, -0.1) is 0 Å². The van der Waals surface area contributed by atoms with Crippen molar-refractivity contribution in [3.05, 3.63) is 18.2 Å². The van der Waals surface area contributed by atoms with Crippen molar-refractivity contribution >= 4 is 8.80 Å². The Bertz CT molecular complexity index is 310. The number of hydrogen-bond donors (Lipinski definition) is 1. The van der Waals surface area contributed by atoms with Crippen LogP contribution in [0.4, 0.5) is 0 Å².